The lowest BCUT2D eigenvalue weighted by atomic mass is 9.87. The Kier molecular flexibility index (Phi) is 6.23. The van der Waals surface area contributed by atoms with Crippen molar-refractivity contribution in [1.82, 2.24) is 16.0 Å². The summed E-state index contributed by atoms with van der Waals surface area (Å²) >= 11 is 1.93. The number of carbonyl (C=O) groups is 2. The number of unbranched alkanes of at least 4 members (excludes halogenated alkanes) is 1. The van der Waals surface area contributed by atoms with Crippen LogP contribution in [0.5, 0.6) is 5.75 Å². The van der Waals surface area contributed by atoms with Gasteiger partial charge in [-0.15, -0.1) is 0 Å². The van der Waals surface area contributed by atoms with Gasteiger partial charge in [0, 0.05) is 23.0 Å². The number of benzene rings is 1. The molecule has 2 heterocycles. The number of urea groups is 1. The molecule has 3 atom stereocenters. The van der Waals surface area contributed by atoms with Crippen molar-refractivity contribution in [2.45, 2.75) is 74.2 Å². The molecule has 3 N–H and O–H groups in total. The van der Waals surface area contributed by atoms with Crippen molar-refractivity contribution in [3.8, 4) is 5.75 Å². The van der Waals surface area contributed by atoms with E-state index in [0.29, 0.717) is 11.7 Å². The Bertz CT molecular complexity index is 751. The van der Waals surface area contributed by atoms with E-state index in [4.69, 9.17) is 4.74 Å². The fraction of sp³-hybridized carbons (Fsp3) is 0.636. The van der Waals surface area contributed by atoms with Crippen LogP contribution in [-0.4, -0.2) is 42.1 Å². The molecule has 4 rings (SSSR count). The standard InChI is InChI=1S/C22H31N3O3S/c1-28-17-9-3-2-8-15(17)22(12-6-7-13-22)25-19(26)11-5-4-10-18-20-16(14-29-18)23-21(27)24-20/h2-3,8-9,16,18,20H,4-7,10-14H2,1H3,(H,25,26)(H2,23,24,27)/t16-,18-,20-/m1/s1. The number of hydrogen-bond donors (Lipinski definition) is 3. The van der Waals surface area contributed by atoms with E-state index < -0.39 is 0 Å². The van der Waals surface area contributed by atoms with Crippen molar-refractivity contribution >= 4 is 23.7 Å². The first-order valence-electron chi connectivity index (χ1n) is 10.7. The summed E-state index contributed by atoms with van der Waals surface area (Å²) in [4.78, 5) is 24.3. The van der Waals surface area contributed by atoms with Gasteiger partial charge in [0.1, 0.15) is 5.75 Å². The third-order valence-corrected chi connectivity index (χ3v) is 8.05. The Morgan fingerprint density at radius 3 is 2.83 bits per heavy atom. The molecule has 1 aromatic carbocycles. The Hall–Kier alpha value is -1.89. The Labute approximate surface area is 176 Å². The topological polar surface area (TPSA) is 79.5 Å². The zero-order valence-electron chi connectivity index (χ0n) is 17.0. The summed E-state index contributed by atoms with van der Waals surface area (Å²) in [5.41, 5.74) is 0.809. The largest absolute Gasteiger partial charge is 0.496 e. The maximum Gasteiger partial charge on any atom is 0.315 e. The number of nitrogens with one attached hydrogen (secondary N) is 3. The fourth-order valence-electron chi connectivity index (χ4n) is 5.08. The number of amides is 3. The molecule has 0 unspecified atom stereocenters. The highest BCUT2D eigenvalue weighted by Gasteiger charge is 2.42. The first kappa shape index (κ1) is 20.4. The van der Waals surface area contributed by atoms with Crippen LogP contribution in [0.2, 0.25) is 0 Å². The quantitative estimate of drug-likeness (QED) is 0.448. The molecule has 158 valence electrons. The third-order valence-electron chi connectivity index (χ3n) is 6.54. The van der Waals surface area contributed by atoms with Gasteiger partial charge < -0.3 is 20.7 Å². The molecule has 3 fully saturated rings. The normalized spacial score (nSPS) is 27.2. The Morgan fingerprint density at radius 2 is 2.03 bits per heavy atom. The molecule has 7 heteroatoms. The van der Waals surface area contributed by atoms with Gasteiger partial charge in [0.05, 0.1) is 24.7 Å². The number of para-hydroxylation sites is 1. The Morgan fingerprint density at radius 1 is 1.24 bits per heavy atom. The van der Waals surface area contributed by atoms with Crippen molar-refractivity contribution in [1.29, 1.82) is 0 Å². The van der Waals surface area contributed by atoms with Crippen LogP contribution in [0.15, 0.2) is 24.3 Å². The lowest BCUT2D eigenvalue weighted by Crippen LogP contribution is -2.44. The van der Waals surface area contributed by atoms with Crippen LogP contribution in [0.4, 0.5) is 4.79 Å². The SMILES string of the molecule is COc1ccccc1C1(NC(=O)CCCC[C@H]2SC[C@H]3NC(=O)N[C@H]32)CCCC1. The molecule has 1 aromatic rings. The van der Waals surface area contributed by atoms with Gasteiger partial charge in [0.15, 0.2) is 0 Å². The average Bonchev–Trinajstić information content (AvgIpc) is 3.42. The molecule has 6 nitrogen and oxygen atoms in total. The summed E-state index contributed by atoms with van der Waals surface area (Å²) in [5.74, 6) is 1.97. The van der Waals surface area contributed by atoms with Crippen LogP contribution in [0.25, 0.3) is 0 Å². The van der Waals surface area contributed by atoms with Gasteiger partial charge in [-0.05, 0) is 31.7 Å². The summed E-state index contributed by atoms with van der Waals surface area (Å²) < 4.78 is 5.57. The minimum absolute atomic E-state index is 0.0390. The van der Waals surface area contributed by atoms with E-state index in [1.54, 1.807) is 7.11 Å². The van der Waals surface area contributed by atoms with Crippen molar-refractivity contribution in [3.63, 3.8) is 0 Å². The van der Waals surface area contributed by atoms with Crippen molar-refractivity contribution in [3.05, 3.63) is 29.8 Å². The summed E-state index contributed by atoms with van der Waals surface area (Å²) in [6, 6.07) is 8.53. The van der Waals surface area contributed by atoms with E-state index >= 15 is 0 Å². The van der Waals surface area contributed by atoms with E-state index in [1.165, 1.54) is 0 Å². The summed E-state index contributed by atoms with van der Waals surface area (Å²) in [7, 11) is 1.69. The Balaban J connectivity index is 1.28. The van der Waals surface area contributed by atoms with Gasteiger partial charge in [-0.1, -0.05) is 37.5 Å². The van der Waals surface area contributed by atoms with Crippen LogP contribution in [0.1, 0.15) is 56.9 Å². The highest BCUT2D eigenvalue weighted by atomic mass is 32.2. The average molecular weight is 418 g/mol. The van der Waals surface area contributed by atoms with E-state index in [2.05, 4.69) is 22.0 Å². The number of thioether (sulfide) groups is 1. The number of carbonyl (C=O) groups excluding carboxylic acids is 2. The minimum Gasteiger partial charge on any atom is -0.496 e. The zero-order valence-corrected chi connectivity index (χ0v) is 17.9. The molecule has 3 amide bonds. The highest BCUT2D eigenvalue weighted by molar-refractivity contribution is 8.00. The summed E-state index contributed by atoms with van der Waals surface area (Å²) in [6.45, 7) is 0. The van der Waals surface area contributed by atoms with Crippen LogP contribution < -0.4 is 20.7 Å². The van der Waals surface area contributed by atoms with Crippen LogP contribution in [0.3, 0.4) is 0 Å². The van der Waals surface area contributed by atoms with E-state index in [0.717, 1.165) is 62.0 Å². The molecule has 0 aromatic heterocycles. The third kappa shape index (κ3) is 4.34. The maximum atomic E-state index is 12.8. The van der Waals surface area contributed by atoms with Crippen molar-refractivity contribution in [2.75, 3.05) is 12.9 Å². The zero-order chi connectivity index (χ0) is 20.3. The fourth-order valence-corrected chi connectivity index (χ4v) is 6.63. The molecule has 2 aliphatic heterocycles. The van der Waals surface area contributed by atoms with E-state index in [9.17, 15) is 9.59 Å². The molecule has 1 aliphatic carbocycles. The second-order valence-electron chi connectivity index (χ2n) is 8.41. The van der Waals surface area contributed by atoms with Gasteiger partial charge >= 0.3 is 6.03 Å². The van der Waals surface area contributed by atoms with E-state index in [1.807, 2.05) is 30.0 Å². The van der Waals surface area contributed by atoms with Gasteiger partial charge in [-0.3, -0.25) is 4.79 Å². The molecule has 0 bridgehead atoms. The maximum absolute atomic E-state index is 12.8. The molecule has 3 aliphatic rings. The van der Waals surface area contributed by atoms with Gasteiger partial charge in [-0.2, -0.15) is 11.8 Å². The molecular formula is C22H31N3O3S. The molecular weight excluding hydrogens is 386 g/mol. The van der Waals surface area contributed by atoms with Gasteiger partial charge in [0.25, 0.3) is 0 Å². The van der Waals surface area contributed by atoms with Gasteiger partial charge in [-0.25, -0.2) is 4.79 Å². The number of ether oxygens (including phenoxy) is 1. The van der Waals surface area contributed by atoms with Crippen LogP contribution in [-0.2, 0) is 10.3 Å². The van der Waals surface area contributed by atoms with Crippen LogP contribution in [0, 0.1) is 0 Å². The molecule has 29 heavy (non-hydrogen) atoms. The summed E-state index contributed by atoms with van der Waals surface area (Å²) in [5, 5.41) is 9.83. The number of fused-ring (bicyclic) bond motifs is 1. The van der Waals surface area contributed by atoms with Crippen molar-refractivity contribution in [2.24, 2.45) is 0 Å². The smallest absolute Gasteiger partial charge is 0.315 e. The molecule has 2 saturated heterocycles. The second kappa shape index (κ2) is 8.86. The summed E-state index contributed by atoms with van der Waals surface area (Å²) in [6.07, 6.45) is 7.65. The first-order valence-corrected chi connectivity index (χ1v) is 11.8. The molecule has 0 spiro atoms. The molecule has 0 radical (unpaired) electrons. The molecule has 1 saturated carbocycles. The highest BCUT2D eigenvalue weighted by Crippen LogP contribution is 2.42. The van der Waals surface area contributed by atoms with Gasteiger partial charge in [0.2, 0.25) is 5.91 Å². The number of hydrogen-bond acceptors (Lipinski definition) is 4. The second-order valence-corrected chi connectivity index (χ2v) is 9.68. The first-order chi connectivity index (χ1) is 14.1. The monoisotopic (exact) mass is 417 g/mol. The minimum atomic E-state index is -0.294. The van der Waals surface area contributed by atoms with Crippen LogP contribution >= 0.6 is 11.8 Å². The predicted octanol–water partition coefficient (Wildman–Crippen LogP) is 3.31. The lowest BCUT2D eigenvalue weighted by Gasteiger charge is -2.32. The van der Waals surface area contributed by atoms with Crippen molar-refractivity contribution < 1.29 is 14.3 Å². The van der Waals surface area contributed by atoms with E-state index in [-0.39, 0.29) is 29.6 Å². The number of rotatable bonds is 8. The number of methoxy groups -OCH3 is 1. The predicted molar refractivity (Wildman–Crippen MR) is 115 cm³/mol. The lowest BCUT2D eigenvalue weighted by molar-refractivity contribution is -0.123.